The van der Waals surface area contributed by atoms with Gasteiger partial charge in [-0.25, -0.2) is 9.37 Å². The number of nitrogens with zero attached hydrogens (tertiary/aromatic N) is 6. The molecule has 8 nitrogen and oxygen atoms in total. The molecule has 0 saturated heterocycles. The van der Waals surface area contributed by atoms with Crippen LogP contribution in [0.25, 0.3) is 33.2 Å². The van der Waals surface area contributed by atoms with Crippen LogP contribution >= 0.6 is 0 Å². The van der Waals surface area contributed by atoms with Gasteiger partial charge >= 0.3 is 0 Å². The number of amides is 1. The Morgan fingerprint density at radius 2 is 2.00 bits per heavy atom. The van der Waals surface area contributed by atoms with Crippen molar-refractivity contribution >= 4 is 39.0 Å². The fourth-order valence-electron chi connectivity index (χ4n) is 7.43. The van der Waals surface area contributed by atoms with Gasteiger partial charge in [0, 0.05) is 61.3 Å². The minimum absolute atomic E-state index is 0.00545. The van der Waals surface area contributed by atoms with Crippen LogP contribution in [-0.4, -0.2) is 55.2 Å². The molecule has 2 bridgehead atoms. The maximum absolute atomic E-state index is 16.6. The van der Waals surface area contributed by atoms with Gasteiger partial charge in [0.2, 0.25) is 5.91 Å². The predicted molar refractivity (Wildman–Crippen MR) is 154 cm³/mol. The molecule has 0 radical (unpaired) electrons. The van der Waals surface area contributed by atoms with Crippen LogP contribution in [0.4, 0.5) is 4.39 Å². The Balaban J connectivity index is 1.47. The van der Waals surface area contributed by atoms with E-state index in [0.29, 0.717) is 53.1 Å². The topological polar surface area (TPSA) is 111 Å². The Morgan fingerprint density at radius 3 is 2.68 bits per heavy atom. The van der Waals surface area contributed by atoms with E-state index >= 15 is 4.39 Å². The normalized spacial score (nSPS) is 23.4. The van der Waals surface area contributed by atoms with E-state index in [-0.39, 0.29) is 34.1 Å². The van der Waals surface area contributed by atoms with E-state index in [1.54, 1.807) is 25.2 Å². The van der Waals surface area contributed by atoms with Crippen LogP contribution in [0.1, 0.15) is 61.0 Å². The van der Waals surface area contributed by atoms with Crippen LogP contribution in [0, 0.1) is 29.0 Å². The number of hydrogen-bond acceptors (Lipinski definition) is 6. The summed E-state index contributed by atoms with van der Waals surface area (Å²) in [6.07, 6.45) is 8.83. The Morgan fingerprint density at radius 1 is 1.22 bits per heavy atom. The first kappa shape index (κ1) is 26.4. The van der Waals surface area contributed by atoms with Crippen molar-refractivity contribution in [2.45, 2.75) is 61.9 Å². The maximum atomic E-state index is 16.6. The number of carbonyl (C=O) groups is 1. The molecule has 3 fully saturated rings. The van der Waals surface area contributed by atoms with Crippen LogP contribution < -0.4 is 0 Å². The first-order chi connectivity index (χ1) is 19.8. The number of aryl methyl sites for hydroxylation is 2. The highest BCUT2D eigenvalue weighted by Crippen LogP contribution is 2.58. The minimum atomic E-state index is -1.53. The minimum Gasteiger partial charge on any atom is -0.610 e. The molecule has 0 aliphatic heterocycles. The first-order valence-electron chi connectivity index (χ1n) is 14.2. The van der Waals surface area contributed by atoms with Crippen LogP contribution in [-0.2, 0) is 28.8 Å². The summed E-state index contributed by atoms with van der Waals surface area (Å²) in [4.78, 5) is 28.3. The summed E-state index contributed by atoms with van der Waals surface area (Å²) >= 11 is -1.53. The Bertz CT molecular complexity index is 1760. The lowest BCUT2D eigenvalue weighted by Gasteiger charge is -2.38. The van der Waals surface area contributed by atoms with Gasteiger partial charge in [0.25, 0.3) is 5.03 Å². The molecule has 4 unspecified atom stereocenters. The number of carbonyl (C=O) groups excluding carboxylic acids is 1. The van der Waals surface area contributed by atoms with Crippen LogP contribution in [0.3, 0.4) is 0 Å². The van der Waals surface area contributed by atoms with Gasteiger partial charge in [-0.15, -0.1) is 0 Å². The lowest BCUT2D eigenvalue weighted by Crippen LogP contribution is -2.32. The second-order valence-corrected chi connectivity index (χ2v) is 13.2. The summed E-state index contributed by atoms with van der Waals surface area (Å²) in [5, 5.41) is 10.5. The van der Waals surface area contributed by atoms with E-state index in [1.807, 2.05) is 18.2 Å². The quantitative estimate of drug-likeness (QED) is 0.300. The second-order valence-electron chi connectivity index (χ2n) is 11.9. The van der Waals surface area contributed by atoms with E-state index in [9.17, 15) is 14.6 Å². The molecule has 1 aromatic carbocycles. The highest BCUT2D eigenvalue weighted by molar-refractivity contribution is 7.90. The molecule has 0 spiro atoms. The lowest BCUT2D eigenvalue weighted by atomic mass is 9.78. The van der Waals surface area contributed by atoms with Crippen molar-refractivity contribution in [3.8, 4) is 17.3 Å². The van der Waals surface area contributed by atoms with Gasteiger partial charge in [-0.05, 0) is 55.1 Å². The van der Waals surface area contributed by atoms with Gasteiger partial charge in [0.1, 0.15) is 23.3 Å². The summed E-state index contributed by atoms with van der Waals surface area (Å²) in [7, 11) is 3.47. The average Bonchev–Trinajstić information content (AvgIpc) is 3.75. The summed E-state index contributed by atoms with van der Waals surface area (Å²) in [5.41, 5.74) is 3.97. The fraction of sp³-hybridized carbons (Fsp3) is 0.452. The standard InChI is InChI=1S/C31H31FN6O2S/c1-37(2)23(39)12-11-22-35-28-30(38(22)29-17-8-9-18(29)13-17)21-15-34-26(25(32)27(21)36-31(28)41(3)40)20-6-4-5-16-7-10-19(14-33)24(16)20/h4-6,15,17-19,29H,7-13H2,1-3H3. The summed E-state index contributed by atoms with van der Waals surface area (Å²) in [6, 6.07) is 8.27. The highest BCUT2D eigenvalue weighted by Gasteiger charge is 2.49. The molecule has 8 rings (SSSR count). The average molecular weight is 571 g/mol. The molecule has 4 aromatic rings. The molecule has 10 heteroatoms. The summed E-state index contributed by atoms with van der Waals surface area (Å²) in [5.74, 6) is 0.876. The molecular formula is C31H31FN6O2S. The molecule has 0 N–H and O–H groups in total. The molecule has 41 heavy (non-hydrogen) atoms. The van der Waals surface area contributed by atoms with Crippen molar-refractivity contribution in [2.75, 3.05) is 20.4 Å². The highest BCUT2D eigenvalue weighted by atomic mass is 32.2. The van der Waals surface area contributed by atoms with E-state index in [0.717, 1.165) is 42.6 Å². The van der Waals surface area contributed by atoms with Crippen LogP contribution in [0.15, 0.2) is 29.4 Å². The number of imidazole rings is 1. The Labute approximate surface area is 240 Å². The molecular weight excluding hydrogens is 539 g/mol. The Hall–Kier alpha value is -3.55. The largest absolute Gasteiger partial charge is 0.610 e. The lowest BCUT2D eigenvalue weighted by molar-refractivity contribution is -0.128. The van der Waals surface area contributed by atoms with Crippen molar-refractivity contribution in [2.24, 2.45) is 11.8 Å². The number of rotatable bonds is 6. The third kappa shape index (κ3) is 3.97. The third-order valence-electron chi connectivity index (χ3n) is 9.42. The third-order valence-corrected chi connectivity index (χ3v) is 10.2. The van der Waals surface area contributed by atoms with Crippen LogP contribution in [0.2, 0.25) is 0 Å². The van der Waals surface area contributed by atoms with Crippen molar-refractivity contribution in [1.82, 2.24) is 24.4 Å². The molecule has 210 valence electrons. The van der Waals surface area contributed by atoms with E-state index in [2.05, 4.69) is 20.6 Å². The molecule has 4 aliphatic carbocycles. The van der Waals surface area contributed by atoms with Crippen molar-refractivity contribution in [3.63, 3.8) is 0 Å². The summed E-state index contributed by atoms with van der Waals surface area (Å²) < 4.78 is 31.8. The SMILES string of the molecule is CN(C)C(=O)CCc1nc2c([S+](C)[O-])nc3c(F)c(-c4cccc5c4C(C#N)CC5)ncc3c2n1C1C2CCC1C2. The van der Waals surface area contributed by atoms with Crippen molar-refractivity contribution in [3.05, 3.63) is 47.2 Å². The first-order valence-corrected chi connectivity index (χ1v) is 15.8. The molecule has 3 aromatic heterocycles. The van der Waals surface area contributed by atoms with Gasteiger partial charge in [0.05, 0.1) is 17.5 Å². The molecule has 3 saturated carbocycles. The number of nitriles is 1. The summed E-state index contributed by atoms with van der Waals surface area (Å²) in [6.45, 7) is 0. The number of benzene rings is 1. The van der Waals surface area contributed by atoms with E-state index in [1.165, 1.54) is 6.26 Å². The smallest absolute Gasteiger partial charge is 0.273 e. The van der Waals surface area contributed by atoms with Gasteiger partial charge in [-0.3, -0.25) is 9.78 Å². The Kier molecular flexibility index (Phi) is 6.28. The van der Waals surface area contributed by atoms with Gasteiger partial charge in [-0.1, -0.05) is 18.2 Å². The van der Waals surface area contributed by atoms with Crippen LogP contribution in [0.5, 0.6) is 0 Å². The van der Waals surface area contributed by atoms with Crippen molar-refractivity contribution < 1.29 is 13.7 Å². The van der Waals surface area contributed by atoms with E-state index in [4.69, 9.17) is 4.98 Å². The number of hydrogen-bond donors (Lipinski definition) is 0. The van der Waals surface area contributed by atoms with Gasteiger partial charge in [-0.2, -0.15) is 10.2 Å². The fourth-order valence-corrected chi connectivity index (χ4v) is 8.07. The van der Waals surface area contributed by atoms with Gasteiger partial charge in [0.15, 0.2) is 11.3 Å². The predicted octanol–water partition coefficient (Wildman–Crippen LogP) is 5.07. The van der Waals surface area contributed by atoms with Crippen molar-refractivity contribution in [1.29, 1.82) is 5.26 Å². The molecule has 4 atom stereocenters. The number of halogens is 1. The number of fused-ring (bicyclic) bond motifs is 5. The zero-order valence-electron chi connectivity index (χ0n) is 23.4. The molecule has 4 aliphatic rings. The second kappa shape index (κ2) is 9.78. The van der Waals surface area contributed by atoms with Gasteiger partial charge < -0.3 is 14.0 Å². The monoisotopic (exact) mass is 570 g/mol. The maximum Gasteiger partial charge on any atom is 0.273 e. The zero-order valence-corrected chi connectivity index (χ0v) is 24.2. The molecule has 3 heterocycles. The number of aromatic nitrogens is 4. The molecule has 1 amide bonds. The zero-order chi connectivity index (χ0) is 28.6. The number of pyridine rings is 2. The van der Waals surface area contributed by atoms with E-state index < -0.39 is 17.0 Å².